The van der Waals surface area contributed by atoms with E-state index in [4.69, 9.17) is 4.65 Å². The third kappa shape index (κ3) is 2.00. The zero-order valence-corrected chi connectivity index (χ0v) is 4.48. The molecule has 0 amide bonds. The Hall–Kier alpha value is 0.0499. The highest BCUT2D eigenvalue weighted by Gasteiger charge is 2.12. The second-order valence-corrected chi connectivity index (χ2v) is 1.47. The summed E-state index contributed by atoms with van der Waals surface area (Å²) in [6.45, 7) is 3.90. The lowest BCUT2D eigenvalue weighted by atomic mass is 9.90. The molecule has 3 radical (unpaired) electrons. The van der Waals surface area contributed by atoms with Gasteiger partial charge in [-0.2, -0.15) is 0 Å². The summed E-state index contributed by atoms with van der Waals surface area (Å²) >= 11 is 0. The van der Waals surface area contributed by atoms with Gasteiger partial charge in [0.15, 0.2) is 0 Å². The van der Waals surface area contributed by atoms with Crippen LogP contribution in [0.1, 0.15) is 0 Å². The van der Waals surface area contributed by atoms with Gasteiger partial charge in [-0.25, -0.2) is 0 Å². The van der Waals surface area contributed by atoms with Crippen molar-refractivity contribution in [1.29, 1.82) is 0 Å². The van der Waals surface area contributed by atoms with E-state index < -0.39 is 0 Å². The fourth-order valence-electron chi connectivity index (χ4n) is 0.557. The highest BCUT2D eigenvalue weighted by molar-refractivity contribution is 6.47. The molecule has 0 unspecified atom stereocenters. The van der Waals surface area contributed by atoms with Crippen molar-refractivity contribution in [1.82, 2.24) is 5.23 Å². The van der Waals surface area contributed by atoms with Gasteiger partial charge in [-0.3, -0.25) is 0 Å². The summed E-state index contributed by atoms with van der Waals surface area (Å²) in [4.78, 5) is 0. The van der Waals surface area contributed by atoms with E-state index in [1.165, 1.54) is 0 Å². The van der Waals surface area contributed by atoms with Gasteiger partial charge in [0.25, 0.3) is 0 Å². The summed E-state index contributed by atoms with van der Waals surface area (Å²) in [5.41, 5.74) is 0. The van der Waals surface area contributed by atoms with E-state index in [0.29, 0.717) is 7.05 Å². The van der Waals surface area contributed by atoms with Crippen LogP contribution in [0.25, 0.3) is 0 Å². The van der Waals surface area contributed by atoms with Crippen molar-refractivity contribution in [3.8, 4) is 0 Å². The first-order valence-corrected chi connectivity index (χ1v) is 2.24. The molecule has 0 aromatic carbocycles. The zero-order chi connectivity index (χ0) is 4.41. The Labute approximate surface area is 46.3 Å². The van der Waals surface area contributed by atoms with Crippen LogP contribution < -0.4 is 5.23 Å². The Morgan fingerprint density at radius 3 is 2.57 bits per heavy atom. The molecule has 0 aliphatic carbocycles. The number of nitrogens with one attached hydrogen (secondary N) is 1. The fraction of sp³-hybridized carbons (Fsp3) is 1.00. The fourth-order valence-corrected chi connectivity index (χ4v) is 0.557. The first kappa shape index (κ1) is 7.05. The molecule has 0 bridgehead atoms. The molecule has 0 aromatic heterocycles. The molecule has 0 saturated carbocycles. The number of hydrogen-bond donors (Lipinski definition) is 1. The Balaban J connectivity index is 0.000000360. The van der Waals surface area contributed by atoms with Gasteiger partial charge in [0, 0.05) is 21.6 Å². The second-order valence-electron chi connectivity index (χ2n) is 1.47. The molecule has 1 heterocycles. The van der Waals surface area contributed by atoms with Gasteiger partial charge < -0.3 is 9.88 Å². The summed E-state index contributed by atoms with van der Waals surface area (Å²) in [6, 6.07) is 0. The van der Waals surface area contributed by atoms with Crippen molar-refractivity contribution in [2.24, 2.45) is 0 Å². The average molecular weight is 95.7 g/mol. The van der Waals surface area contributed by atoms with Crippen LogP contribution in [0.2, 0.25) is 6.82 Å². The Bertz CT molecular complexity index is 46.2. The SMILES string of the molecule is CB1NCCO1.[B]. The highest BCUT2D eigenvalue weighted by Crippen LogP contribution is 1.85. The molecular weight excluding hydrogens is 87.7 g/mol. The molecule has 1 rings (SSSR count). The number of hydrogen-bond acceptors (Lipinski definition) is 2. The lowest BCUT2D eigenvalue weighted by Crippen LogP contribution is -2.23. The quantitative estimate of drug-likeness (QED) is 0.404. The van der Waals surface area contributed by atoms with Crippen LogP contribution in [0.5, 0.6) is 0 Å². The van der Waals surface area contributed by atoms with Gasteiger partial charge in [0.05, 0.1) is 0 Å². The van der Waals surface area contributed by atoms with E-state index in [1.807, 2.05) is 6.82 Å². The van der Waals surface area contributed by atoms with E-state index in [9.17, 15) is 0 Å². The first-order chi connectivity index (χ1) is 2.89. The minimum absolute atomic E-state index is 0. The molecule has 4 heteroatoms. The lowest BCUT2D eigenvalue weighted by Gasteiger charge is -1.88. The minimum atomic E-state index is 0. The zero-order valence-electron chi connectivity index (χ0n) is 4.48. The molecule has 7 heavy (non-hydrogen) atoms. The highest BCUT2D eigenvalue weighted by atomic mass is 16.4. The molecule has 1 aliphatic heterocycles. The van der Waals surface area contributed by atoms with Crippen molar-refractivity contribution in [3.05, 3.63) is 0 Å². The predicted octanol–water partition coefficient (Wildman–Crippen LogP) is -0.657. The third-order valence-electron chi connectivity index (χ3n) is 0.902. The molecule has 0 spiro atoms. The summed E-state index contributed by atoms with van der Waals surface area (Å²) in [6.07, 6.45) is 0. The molecule has 37 valence electrons. The van der Waals surface area contributed by atoms with Gasteiger partial charge in [-0.15, -0.1) is 0 Å². The summed E-state index contributed by atoms with van der Waals surface area (Å²) in [5, 5.41) is 3.10. The largest absolute Gasteiger partial charge is 0.420 e. The van der Waals surface area contributed by atoms with Crippen molar-refractivity contribution >= 4 is 15.5 Å². The molecule has 1 N–H and O–H groups in total. The van der Waals surface area contributed by atoms with Crippen LogP contribution in [-0.2, 0) is 4.65 Å². The van der Waals surface area contributed by atoms with Crippen molar-refractivity contribution in [2.45, 2.75) is 6.82 Å². The summed E-state index contributed by atoms with van der Waals surface area (Å²) < 4.78 is 5.04. The van der Waals surface area contributed by atoms with E-state index in [-0.39, 0.29) is 8.41 Å². The van der Waals surface area contributed by atoms with Gasteiger partial charge >= 0.3 is 7.05 Å². The van der Waals surface area contributed by atoms with Crippen molar-refractivity contribution in [2.75, 3.05) is 13.2 Å². The van der Waals surface area contributed by atoms with Gasteiger partial charge in [0.2, 0.25) is 0 Å². The third-order valence-corrected chi connectivity index (χ3v) is 0.902. The van der Waals surface area contributed by atoms with Crippen LogP contribution in [0, 0.1) is 0 Å². The smallest absolute Gasteiger partial charge is 0.376 e. The standard InChI is InChI=1S/C3H8BNO.B/c1-4-5-2-3-6-4;/h5H,2-3H2,1H3;. The van der Waals surface area contributed by atoms with E-state index in [1.54, 1.807) is 0 Å². The average Bonchev–Trinajstić information content (AvgIpc) is 1.86. The van der Waals surface area contributed by atoms with E-state index in [2.05, 4.69) is 5.23 Å². The predicted molar refractivity (Wildman–Crippen MR) is 31.3 cm³/mol. The molecule has 1 fully saturated rings. The topological polar surface area (TPSA) is 21.3 Å². The van der Waals surface area contributed by atoms with Crippen molar-refractivity contribution in [3.63, 3.8) is 0 Å². The molecule has 1 saturated heterocycles. The van der Waals surface area contributed by atoms with Gasteiger partial charge in [-0.05, 0) is 6.82 Å². The second kappa shape index (κ2) is 3.10. The van der Waals surface area contributed by atoms with Crippen LogP contribution in [0.4, 0.5) is 0 Å². The lowest BCUT2D eigenvalue weighted by molar-refractivity contribution is 0.373. The van der Waals surface area contributed by atoms with Gasteiger partial charge in [-0.1, -0.05) is 0 Å². The van der Waals surface area contributed by atoms with Gasteiger partial charge in [0.1, 0.15) is 0 Å². The Morgan fingerprint density at radius 1 is 1.71 bits per heavy atom. The maximum atomic E-state index is 5.04. The molecule has 0 aromatic rings. The number of rotatable bonds is 0. The van der Waals surface area contributed by atoms with E-state index in [0.717, 1.165) is 13.2 Å². The minimum Gasteiger partial charge on any atom is -0.420 e. The first-order valence-electron chi connectivity index (χ1n) is 2.24. The van der Waals surface area contributed by atoms with Crippen molar-refractivity contribution < 1.29 is 4.65 Å². The molecule has 2 nitrogen and oxygen atoms in total. The maximum absolute atomic E-state index is 5.04. The van der Waals surface area contributed by atoms with Crippen LogP contribution in [0.15, 0.2) is 0 Å². The van der Waals surface area contributed by atoms with Crippen LogP contribution in [0.3, 0.4) is 0 Å². The Morgan fingerprint density at radius 2 is 2.43 bits per heavy atom. The summed E-state index contributed by atoms with van der Waals surface area (Å²) in [5.74, 6) is 0. The normalized spacial score (nSPS) is 19.3. The molecular formula is C3H8B2NO. The van der Waals surface area contributed by atoms with Crippen LogP contribution in [-0.4, -0.2) is 28.6 Å². The molecule has 0 atom stereocenters. The monoisotopic (exact) mass is 96.1 g/mol. The van der Waals surface area contributed by atoms with Crippen LogP contribution >= 0.6 is 0 Å². The molecule has 1 aliphatic rings. The maximum Gasteiger partial charge on any atom is 0.376 e. The Kier molecular flexibility index (Phi) is 3.13. The summed E-state index contributed by atoms with van der Waals surface area (Å²) in [7, 11) is 0.296. The van der Waals surface area contributed by atoms with E-state index >= 15 is 0 Å².